The van der Waals surface area contributed by atoms with Crippen LogP contribution >= 0.6 is 0 Å². The number of rotatable bonds is 5. The van der Waals surface area contributed by atoms with Crippen LogP contribution in [0.1, 0.15) is 5.56 Å². The highest BCUT2D eigenvalue weighted by atomic mass is 17.1. The van der Waals surface area contributed by atoms with Gasteiger partial charge in [0.05, 0.1) is 6.61 Å². The van der Waals surface area contributed by atoms with Gasteiger partial charge in [-0.15, -0.1) is 0 Å². The Bertz CT molecular complexity index is 528. The fourth-order valence-electron chi connectivity index (χ4n) is 1.90. The highest BCUT2D eigenvalue weighted by Gasteiger charge is 2.13. The molecule has 0 aliphatic heterocycles. The van der Waals surface area contributed by atoms with Gasteiger partial charge in [0.15, 0.2) is 0 Å². The van der Waals surface area contributed by atoms with Crippen molar-refractivity contribution in [1.29, 1.82) is 0 Å². The largest absolute Gasteiger partial charge is 0.393 e. The molecule has 0 amide bonds. The fourth-order valence-corrected chi connectivity index (χ4v) is 1.90. The Kier molecular flexibility index (Phi) is 4.47. The molecular weight excluding hydrogens is 240 g/mol. The van der Waals surface area contributed by atoms with Gasteiger partial charge in [-0.2, -0.15) is 0 Å². The Balaban J connectivity index is 2.22. The highest BCUT2D eigenvalue weighted by molar-refractivity contribution is 5.71. The minimum atomic E-state index is -0.789. The molecule has 0 saturated heterocycles. The first-order chi connectivity index (χ1) is 9.26. The van der Waals surface area contributed by atoms with Crippen LogP contribution in [0.2, 0.25) is 0 Å². The van der Waals surface area contributed by atoms with Crippen molar-refractivity contribution >= 4 is 5.57 Å². The Morgan fingerprint density at radius 3 is 2.11 bits per heavy atom. The van der Waals surface area contributed by atoms with E-state index in [-0.39, 0.29) is 6.61 Å². The molecule has 0 aliphatic rings. The molecule has 0 aromatic heterocycles. The molecule has 0 aliphatic carbocycles. The van der Waals surface area contributed by atoms with Gasteiger partial charge in [-0.05, 0) is 22.3 Å². The van der Waals surface area contributed by atoms with E-state index in [1.54, 1.807) is 0 Å². The topological polar surface area (TPSA) is 49.7 Å². The van der Waals surface area contributed by atoms with Gasteiger partial charge >= 0.3 is 0 Å². The third-order valence-corrected chi connectivity index (χ3v) is 3.04. The Morgan fingerprint density at radius 2 is 1.58 bits per heavy atom. The molecule has 2 N–H and O–H groups in total. The highest BCUT2D eigenvalue weighted by Crippen LogP contribution is 2.23. The van der Waals surface area contributed by atoms with Crippen molar-refractivity contribution in [1.82, 2.24) is 0 Å². The van der Waals surface area contributed by atoms with Crippen LogP contribution in [0.25, 0.3) is 16.7 Å². The van der Waals surface area contributed by atoms with Crippen LogP contribution in [-0.2, 0) is 4.89 Å². The van der Waals surface area contributed by atoms with Crippen molar-refractivity contribution < 1.29 is 15.3 Å². The normalized spacial score (nSPS) is 12.1. The monoisotopic (exact) mass is 256 g/mol. The SMILES string of the molecule is C=C(c1ccc(-c2ccccc2)cc1)C(CO)OO. The maximum Gasteiger partial charge on any atom is 0.141 e. The molecule has 2 aromatic carbocycles. The van der Waals surface area contributed by atoms with Gasteiger partial charge in [0.2, 0.25) is 0 Å². The minimum Gasteiger partial charge on any atom is -0.393 e. The first-order valence-electron chi connectivity index (χ1n) is 6.02. The fraction of sp³-hybridized carbons (Fsp3) is 0.125. The third-order valence-electron chi connectivity index (χ3n) is 3.04. The van der Waals surface area contributed by atoms with E-state index in [0.29, 0.717) is 5.57 Å². The second-order valence-corrected chi connectivity index (χ2v) is 4.25. The first-order valence-corrected chi connectivity index (χ1v) is 6.02. The number of aliphatic hydroxyl groups excluding tert-OH is 1. The Labute approximate surface area is 112 Å². The van der Waals surface area contributed by atoms with Gasteiger partial charge in [-0.1, -0.05) is 61.2 Å². The van der Waals surface area contributed by atoms with Crippen LogP contribution in [0.15, 0.2) is 61.2 Å². The zero-order valence-electron chi connectivity index (χ0n) is 10.5. The molecule has 0 bridgehead atoms. The molecule has 0 spiro atoms. The first kappa shape index (κ1) is 13.5. The molecule has 1 unspecified atom stereocenters. The zero-order chi connectivity index (χ0) is 13.7. The van der Waals surface area contributed by atoms with Crippen molar-refractivity contribution in [2.75, 3.05) is 6.61 Å². The summed E-state index contributed by atoms with van der Waals surface area (Å²) in [6.45, 7) is 3.51. The third kappa shape index (κ3) is 3.09. The lowest BCUT2D eigenvalue weighted by Crippen LogP contribution is -2.17. The second kappa shape index (κ2) is 6.29. The van der Waals surface area contributed by atoms with E-state index in [9.17, 15) is 0 Å². The quantitative estimate of drug-likeness (QED) is 0.638. The van der Waals surface area contributed by atoms with E-state index >= 15 is 0 Å². The lowest BCUT2D eigenvalue weighted by molar-refractivity contribution is -0.268. The summed E-state index contributed by atoms with van der Waals surface area (Å²) in [4.78, 5) is 4.18. The van der Waals surface area contributed by atoms with E-state index in [2.05, 4.69) is 11.5 Å². The van der Waals surface area contributed by atoms with Crippen LogP contribution < -0.4 is 0 Å². The summed E-state index contributed by atoms with van der Waals surface area (Å²) in [5.74, 6) is 0. The molecule has 0 saturated carbocycles. The summed E-state index contributed by atoms with van der Waals surface area (Å²) in [6, 6.07) is 17.8. The molecule has 0 radical (unpaired) electrons. The molecule has 19 heavy (non-hydrogen) atoms. The molecule has 98 valence electrons. The number of hydrogen-bond donors (Lipinski definition) is 2. The van der Waals surface area contributed by atoms with Crippen LogP contribution in [-0.4, -0.2) is 23.1 Å². The van der Waals surface area contributed by atoms with Gasteiger partial charge in [-0.25, -0.2) is 4.89 Å². The van der Waals surface area contributed by atoms with Crippen molar-refractivity contribution in [2.24, 2.45) is 0 Å². The standard InChI is InChI=1S/C16H16O3/c1-12(16(11-17)19-18)13-7-9-15(10-8-13)14-5-3-2-4-6-14/h2-10,16-18H,1,11H2. The smallest absolute Gasteiger partial charge is 0.141 e. The van der Waals surface area contributed by atoms with Crippen LogP contribution in [0.4, 0.5) is 0 Å². The molecule has 3 heteroatoms. The van der Waals surface area contributed by atoms with E-state index in [4.69, 9.17) is 10.4 Å². The van der Waals surface area contributed by atoms with Crippen molar-refractivity contribution in [3.8, 4) is 11.1 Å². The van der Waals surface area contributed by atoms with E-state index in [0.717, 1.165) is 16.7 Å². The lowest BCUT2D eigenvalue weighted by Gasteiger charge is -2.14. The molecule has 3 nitrogen and oxygen atoms in total. The average molecular weight is 256 g/mol. The average Bonchev–Trinajstić information content (AvgIpc) is 2.49. The minimum absolute atomic E-state index is 0.310. The predicted octanol–water partition coefficient (Wildman–Crippen LogP) is 3.22. The Hall–Kier alpha value is -1.94. The van der Waals surface area contributed by atoms with E-state index in [1.165, 1.54) is 0 Å². The zero-order valence-corrected chi connectivity index (χ0v) is 10.5. The molecule has 0 fully saturated rings. The van der Waals surface area contributed by atoms with Gasteiger partial charge in [0, 0.05) is 0 Å². The summed E-state index contributed by atoms with van der Waals surface area (Å²) in [5, 5.41) is 17.7. The maximum absolute atomic E-state index is 9.04. The summed E-state index contributed by atoms with van der Waals surface area (Å²) in [7, 11) is 0. The molecule has 1 atom stereocenters. The molecule has 0 heterocycles. The number of hydrogen-bond acceptors (Lipinski definition) is 3. The second-order valence-electron chi connectivity index (χ2n) is 4.25. The summed E-state index contributed by atoms with van der Waals surface area (Å²) < 4.78 is 0. The molecule has 2 aromatic rings. The molecular formula is C16H16O3. The molecule has 2 rings (SSSR count). The van der Waals surface area contributed by atoms with Gasteiger partial charge < -0.3 is 5.11 Å². The van der Waals surface area contributed by atoms with Crippen LogP contribution in [0, 0.1) is 0 Å². The van der Waals surface area contributed by atoms with Crippen molar-refractivity contribution in [2.45, 2.75) is 6.10 Å². The van der Waals surface area contributed by atoms with E-state index in [1.807, 2.05) is 54.6 Å². The predicted molar refractivity (Wildman–Crippen MR) is 75.5 cm³/mol. The van der Waals surface area contributed by atoms with Crippen LogP contribution in [0.5, 0.6) is 0 Å². The summed E-state index contributed by atoms with van der Waals surface area (Å²) in [5.41, 5.74) is 3.61. The number of aliphatic hydroxyl groups is 1. The number of benzene rings is 2. The van der Waals surface area contributed by atoms with Crippen LogP contribution in [0.3, 0.4) is 0 Å². The van der Waals surface area contributed by atoms with Gasteiger partial charge in [0.1, 0.15) is 6.10 Å². The Morgan fingerprint density at radius 1 is 1.00 bits per heavy atom. The van der Waals surface area contributed by atoms with Crippen molar-refractivity contribution in [3.63, 3.8) is 0 Å². The maximum atomic E-state index is 9.04. The lowest BCUT2D eigenvalue weighted by atomic mass is 9.99. The van der Waals surface area contributed by atoms with Gasteiger partial charge in [-0.3, -0.25) is 5.26 Å². The van der Waals surface area contributed by atoms with E-state index < -0.39 is 6.10 Å². The van der Waals surface area contributed by atoms with Crippen molar-refractivity contribution in [3.05, 3.63) is 66.7 Å². The summed E-state index contributed by atoms with van der Waals surface area (Å²) in [6.07, 6.45) is -0.789. The summed E-state index contributed by atoms with van der Waals surface area (Å²) >= 11 is 0. The van der Waals surface area contributed by atoms with Gasteiger partial charge in [0.25, 0.3) is 0 Å².